The highest BCUT2D eigenvalue weighted by atomic mass is 35.5. The number of hydrogen-bond donors (Lipinski definition) is 1. The molecule has 102 valence electrons. The molecule has 0 aliphatic heterocycles. The molecule has 1 rings (SSSR count). The smallest absolute Gasteiger partial charge is 0.0480 e. The summed E-state index contributed by atoms with van der Waals surface area (Å²) in [6.07, 6.45) is 0.904. The van der Waals surface area contributed by atoms with E-state index in [2.05, 4.69) is 18.9 Å². The van der Waals surface area contributed by atoms with Gasteiger partial charge in [-0.25, -0.2) is 0 Å². The van der Waals surface area contributed by atoms with Crippen molar-refractivity contribution in [3.63, 3.8) is 0 Å². The molecule has 1 aromatic carbocycles. The van der Waals surface area contributed by atoms with Crippen molar-refractivity contribution in [2.45, 2.75) is 25.4 Å². The normalized spacial score (nSPS) is 14.8. The van der Waals surface area contributed by atoms with Crippen LogP contribution in [0.25, 0.3) is 0 Å². The lowest BCUT2D eigenvalue weighted by Crippen LogP contribution is -2.50. The first kappa shape index (κ1) is 15.4. The lowest BCUT2D eigenvalue weighted by atomic mass is 9.95. The van der Waals surface area contributed by atoms with Crippen LogP contribution in [0.2, 0.25) is 5.02 Å². The average Bonchev–Trinajstić information content (AvgIpc) is 2.38. The second-order valence-corrected chi connectivity index (χ2v) is 5.30. The summed E-state index contributed by atoms with van der Waals surface area (Å²) in [4.78, 5) is 2.24. The predicted octanol–water partition coefficient (Wildman–Crippen LogP) is 2.53. The lowest BCUT2D eigenvalue weighted by Gasteiger charge is -2.38. The van der Waals surface area contributed by atoms with Gasteiger partial charge in [0.25, 0.3) is 0 Å². The first-order valence-corrected chi connectivity index (χ1v) is 6.55. The molecular formula is C14H23ClN2O. The van der Waals surface area contributed by atoms with E-state index in [1.165, 1.54) is 0 Å². The van der Waals surface area contributed by atoms with E-state index in [9.17, 15) is 0 Å². The summed E-state index contributed by atoms with van der Waals surface area (Å²) >= 11 is 6.18. The Kier molecular flexibility index (Phi) is 6.09. The molecule has 0 radical (unpaired) electrons. The Morgan fingerprint density at radius 2 is 2.06 bits per heavy atom. The van der Waals surface area contributed by atoms with Crippen LogP contribution in [0.15, 0.2) is 24.3 Å². The van der Waals surface area contributed by atoms with Crippen molar-refractivity contribution in [2.24, 2.45) is 5.73 Å². The molecule has 4 heteroatoms. The third kappa shape index (κ3) is 3.95. The van der Waals surface area contributed by atoms with Crippen LogP contribution in [0.4, 0.5) is 0 Å². The molecule has 18 heavy (non-hydrogen) atoms. The maximum Gasteiger partial charge on any atom is 0.0480 e. The van der Waals surface area contributed by atoms with E-state index >= 15 is 0 Å². The summed E-state index contributed by atoms with van der Waals surface area (Å²) < 4.78 is 5.16. The molecule has 0 heterocycles. The Morgan fingerprint density at radius 3 is 2.61 bits per heavy atom. The number of benzene rings is 1. The molecule has 1 atom stereocenters. The largest absolute Gasteiger partial charge is 0.385 e. The molecule has 1 aromatic rings. The van der Waals surface area contributed by atoms with Crippen molar-refractivity contribution >= 4 is 11.6 Å². The average molecular weight is 271 g/mol. The molecule has 2 N–H and O–H groups in total. The topological polar surface area (TPSA) is 38.5 Å². The van der Waals surface area contributed by atoms with Gasteiger partial charge in [-0.1, -0.05) is 29.8 Å². The van der Waals surface area contributed by atoms with Crippen LogP contribution < -0.4 is 5.73 Å². The van der Waals surface area contributed by atoms with Crippen molar-refractivity contribution in [3.05, 3.63) is 34.9 Å². The summed E-state index contributed by atoms with van der Waals surface area (Å²) in [5, 5.41) is 0.801. The van der Waals surface area contributed by atoms with Crippen molar-refractivity contribution in [1.82, 2.24) is 4.90 Å². The lowest BCUT2D eigenvalue weighted by molar-refractivity contribution is 0.0839. The van der Waals surface area contributed by atoms with E-state index in [0.29, 0.717) is 13.2 Å². The Hall–Kier alpha value is -0.610. The van der Waals surface area contributed by atoms with Crippen molar-refractivity contribution in [1.29, 1.82) is 0 Å². The summed E-state index contributed by atoms with van der Waals surface area (Å²) in [6.45, 7) is 4.25. The minimum atomic E-state index is -0.0742. The van der Waals surface area contributed by atoms with Gasteiger partial charge in [-0.05, 0) is 32.0 Å². The Bertz CT molecular complexity index is 373. The van der Waals surface area contributed by atoms with Crippen LogP contribution in [0.5, 0.6) is 0 Å². The second kappa shape index (κ2) is 7.10. The van der Waals surface area contributed by atoms with Gasteiger partial charge in [0.2, 0.25) is 0 Å². The maximum absolute atomic E-state index is 6.18. The fraction of sp³-hybridized carbons (Fsp3) is 0.571. The molecule has 0 bridgehead atoms. The van der Waals surface area contributed by atoms with Gasteiger partial charge < -0.3 is 10.5 Å². The molecule has 0 fully saturated rings. The summed E-state index contributed by atoms with van der Waals surface area (Å²) in [5.41, 5.74) is 6.96. The van der Waals surface area contributed by atoms with Gasteiger partial charge in [0.05, 0.1) is 0 Å². The van der Waals surface area contributed by atoms with Gasteiger partial charge in [-0.3, -0.25) is 4.90 Å². The van der Waals surface area contributed by atoms with Gasteiger partial charge in [0.15, 0.2) is 0 Å². The Morgan fingerprint density at radius 1 is 1.39 bits per heavy atom. The fourth-order valence-electron chi connectivity index (χ4n) is 1.84. The first-order valence-electron chi connectivity index (χ1n) is 6.17. The highest BCUT2D eigenvalue weighted by Gasteiger charge is 2.27. The number of nitrogens with zero attached hydrogens (tertiary/aromatic N) is 1. The minimum absolute atomic E-state index is 0.0742. The van der Waals surface area contributed by atoms with Crippen molar-refractivity contribution in [3.8, 4) is 0 Å². The maximum atomic E-state index is 6.18. The summed E-state index contributed by atoms with van der Waals surface area (Å²) in [5.74, 6) is 0. The standard InChI is InChI=1S/C14H23ClN2O/c1-14(11-16,8-9-18-3)17(2)10-12-6-4-5-7-13(12)15/h4-7H,8-11,16H2,1-3H3. The number of hydrogen-bond acceptors (Lipinski definition) is 3. The van der Waals surface area contributed by atoms with Crippen LogP contribution in [0.3, 0.4) is 0 Å². The van der Waals surface area contributed by atoms with E-state index in [1.54, 1.807) is 7.11 Å². The Balaban J connectivity index is 2.73. The molecule has 0 spiro atoms. The van der Waals surface area contributed by atoms with E-state index in [0.717, 1.165) is 23.6 Å². The van der Waals surface area contributed by atoms with Crippen LogP contribution >= 0.6 is 11.6 Å². The number of ether oxygens (including phenoxy) is 1. The minimum Gasteiger partial charge on any atom is -0.385 e. The third-order valence-electron chi connectivity index (χ3n) is 3.57. The predicted molar refractivity (Wildman–Crippen MR) is 76.9 cm³/mol. The van der Waals surface area contributed by atoms with Crippen LogP contribution in [0, 0.1) is 0 Å². The molecule has 0 aliphatic carbocycles. The highest BCUT2D eigenvalue weighted by molar-refractivity contribution is 6.31. The Labute approximate surface area is 115 Å². The van der Waals surface area contributed by atoms with Crippen molar-refractivity contribution < 1.29 is 4.74 Å². The summed E-state index contributed by atoms with van der Waals surface area (Å²) in [6, 6.07) is 7.91. The highest BCUT2D eigenvalue weighted by Crippen LogP contribution is 2.23. The van der Waals surface area contributed by atoms with E-state index in [-0.39, 0.29) is 5.54 Å². The molecule has 0 amide bonds. The van der Waals surface area contributed by atoms with Crippen LogP contribution in [0.1, 0.15) is 18.9 Å². The number of rotatable bonds is 7. The van der Waals surface area contributed by atoms with E-state index in [1.807, 2.05) is 24.3 Å². The third-order valence-corrected chi connectivity index (χ3v) is 3.94. The molecule has 1 unspecified atom stereocenters. The van der Waals surface area contributed by atoms with E-state index in [4.69, 9.17) is 22.1 Å². The second-order valence-electron chi connectivity index (χ2n) is 4.89. The van der Waals surface area contributed by atoms with Gasteiger partial charge in [0.1, 0.15) is 0 Å². The van der Waals surface area contributed by atoms with Crippen LogP contribution in [-0.2, 0) is 11.3 Å². The van der Waals surface area contributed by atoms with Gasteiger partial charge >= 0.3 is 0 Å². The van der Waals surface area contributed by atoms with Gasteiger partial charge in [0, 0.05) is 37.4 Å². The molecule has 0 aliphatic rings. The fourth-order valence-corrected chi connectivity index (χ4v) is 2.04. The monoisotopic (exact) mass is 270 g/mol. The van der Waals surface area contributed by atoms with Gasteiger partial charge in [-0.2, -0.15) is 0 Å². The molecule has 0 aromatic heterocycles. The van der Waals surface area contributed by atoms with Crippen molar-refractivity contribution in [2.75, 3.05) is 27.3 Å². The van der Waals surface area contributed by atoms with Crippen LogP contribution in [-0.4, -0.2) is 37.7 Å². The molecule has 0 saturated carbocycles. The zero-order chi connectivity index (χ0) is 13.6. The molecule has 0 saturated heterocycles. The summed E-state index contributed by atoms with van der Waals surface area (Å²) in [7, 11) is 3.79. The number of likely N-dealkylation sites (N-methyl/N-ethyl adjacent to an activating group) is 1. The quantitative estimate of drug-likeness (QED) is 0.827. The van der Waals surface area contributed by atoms with Gasteiger partial charge in [-0.15, -0.1) is 0 Å². The molecule has 3 nitrogen and oxygen atoms in total. The SMILES string of the molecule is COCCC(C)(CN)N(C)Cc1ccccc1Cl. The first-order chi connectivity index (χ1) is 8.53. The van der Waals surface area contributed by atoms with E-state index < -0.39 is 0 Å². The number of nitrogens with two attached hydrogens (primary N) is 1. The zero-order valence-electron chi connectivity index (χ0n) is 11.4. The molecular weight excluding hydrogens is 248 g/mol. The number of methoxy groups -OCH3 is 1. The number of halogens is 1. The zero-order valence-corrected chi connectivity index (χ0v) is 12.2.